The third-order valence-corrected chi connectivity index (χ3v) is 7.35. The van der Waals surface area contributed by atoms with Gasteiger partial charge in [-0.2, -0.15) is 5.10 Å². The molecule has 2 amide bonds. The Balaban J connectivity index is 1.33. The summed E-state index contributed by atoms with van der Waals surface area (Å²) in [6, 6.07) is 22.9. The molecule has 1 N–H and O–H groups in total. The standard InChI is InChI=1S/C27H26N4O3S/c1-30-24-10-6-5-9-23(24)25(29-30)26(32)28-15-19-16-35-17-31(19)27(33)22-8-4-3-7-21(22)18-11-13-20(34-2)14-12-18/h3-14,19H,15-17H2,1-2H3,(H,28,32)/t19-/m1/s1. The van der Waals surface area contributed by atoms with E-state index in [0.717, 1.165) is 33.5 Å². The van der Waals surface area contributed by atoms with Crippen molar-refractivity contribution in [2.75, 3.05) is 25.3 Å². The van der Waals surface area contributed by atoms with Crippen molar-refractivity contribution in [2.24, 2.45) is 7.05 Å². The summed E-state index contributed by atoms with van der Waals surface area (Å²) < 4.78 is 6.97. The van der Waals surface area contributed by atoms with Crippen LogP contribution in [-0.4, -0.2) is 57.8 Å². The smallest absolute Gasteiger partial charge is 0.272 e. The van der Waals surface area contributed by atoms with Crippen LogP contribution < -0.4 is 10.1 Å². The van der Waals surface area contributed by atoms with Crippen molar-refractivity contribution in [3.8, 4) is 16.9 Å². The van der Waals surface area contributed by atoms with E-state index in [1.54, 1.807) is 23.6 Å². The SMILES string of the molecule is COc1ccc(-c2ccccc2C(=O)N2CSC[C@H]2CNC(=O)c2nn(C)c3ccccc23)cc1. The van der Waals surface area contributed by atoms with Crippen LogP contribution in [0, 0.1) is 0 Å². The summed E-state index contributed by atoms with van der Waals surface area (Å²) in [6.45, 7) is 0.368. The topological polar surface area (TPSA) is 76.5 Å². The van der Waals surface area contributed by atoms with Gasteiger partial charge in [0.25, 0.3) is 11.8 Å². The van der Waals surface area contributed by atoms with E-state index in [0.29, 0.717) is 23.7 Å². The molecule has 1 aliphatic heterocycles. The van der Waals surface area contributed by atoms with Crippen molar-refractivity contribution in [1.82, 2.24) is 20.0 Å². The molecule has 2 heterocycles. The Labute approximate surface area is 208 Å². The average molecular weight is 487 g/mol. The summed E-state index contributed by atoms with van der Waals surface area (Å²) in [5.74, 6) is 1.85. The van der Waals surface area contributed by atoms with Crippen LogP contribution in [-0.2, 0) is 7.05 Å². The van der Waals surface area contributed by atoms with Crippen LogP contribution in [0.15, 0.2) is 72.8 Å². The molecule has 4 aromatic rings. The van der Waals surface area contributed by atoms with Gasteiger partial charge in [0, 0.05) is 30.3 Å². The Morgan fingerprint density at radius 3 is 2.60 bits per heavy atom. The van der Waals surface area contributed by atoms with Crippen molar-refractivity contribution in [3.63, 3.8) is 0 Å². The molecular weight excluding hydrogens is 460 g/mol. The molecular formula is C27H26N4O3S. The molecule has 1 aliphatic rings. The fraction of sp³-hybridized carbons (Fsp3) is 0.222. The quantitative estimate of drug-likeness (QED) is 0.442. The highest BCUT2D eigenvalue weighted by atomic mass is 32.2. The number of nitrogens with one attached hydrogen (secondary N) is 1. The molecule has 1 saturated heterocycles. The number of para-hydroxylation sites is 1. The van der Waals surface area contributed by atoms with Gasteiger partial charge in [-0.1, -0.05) is 48.5 Å². The van der Waals surface area contributed by atoms with Crippen LogP contribution >= 0.6 is 11.8 Å². The molecule has 7 nitrogen and oxygen atoms in total. The molecule has 3 aromatic carbocycles. The number of aromatic nitrogens is 2. The molecule has 0 unspecified atom stereocenters. The summed E-state index contributed by atoms with van der Waals surface area (Å²) in [5.41, 5.74) is 3.78. The van der Waals surface area contributed by atoms with Crippen LogP contribution in [0.4, 0.5) is 0 Å². The van der Waals surface area contributed by atoms with Crippen molar-refractivity contribution in [3.05, 3.63) is 84.1 Å². The summed E-state index contributed by atoms with van der Waals surface area (Å²) in [7, 11) is 3.46. The zero-order valence-corrected chi connectivity index (χ0v) is 20.4. The molecule has 0 bridgehead atoms. The normalized spacial score (nSPS) is 15.4. The summed E-state index contributed by atoms with van der Waals surface area (Å²) in [4.78, 5) is 28.4. The maximum Gasteiger partial charge on any atom is 0.272 e. The van der Waals surface area contributed by atoms with Gasteiger partial charge >= 0.3 is 0 Å². The highest BCUT2D eigenvalue weighted by molar-refractivity contribution is 7.99. The first-order valence-electron chi connectivity index (χ1n) is 11.4. The Bertz CT molecular complexity index is 1380. The largest absolute Gasteiger partial charge is 0.497 e. The first kappa shape index (κ1) is 23.0. The number of carbonyl (C=O) groups excluding carboxylic acids is 2. The first-order valence-corrected chi connectivity index (χ1v) is 12.5. The second-order valence-corrected chi connectivity index (χ2v) is 9.40. The van der Waals surface area contributed by atoms with E-state index in [1.807, 2.05) is 84.7 Å². The van der Waals surface area contributed by atoms with Crippen LogP contribution in [0.2, 0.25) is 0 Å². The van der Waals surface area contributed by atoms with Crippen molar-refractivity contribution in [1.29, 1.82) is 0 Å². The predicted molar refractivity (Wildman–Crippen MR) is 139 cm³/mol. The van der Waals surface area contributed by atoms with Crippen molar-refractivity contribution < 1.29 is 14.3 Å². The van der Waals surface area contributed by atoms with E-state index in [2.05, 4.69) is 10.4 Å². The second kappa shape index (κ2) is 9.84. The molecule has 0 saturated carbocycles. The highest BCUT2D eigenvalue weighted by Crippen LogP contribution is 2.30. The molecule has 5 rings (SSSR count). The number of aryl methyl sites for hydroxylation is 1. The van der Waals surface area contributed by atoms with Crippen LogP contribution in [0.25, 0.3) is 22.0 Å². The number of rotatable bonds is 6. The van der Waals surface area contributed by atoms with Gasteiger partial charge < -0.3 is 15.0 Å². The Hall–Kier alpha value is -3.78. The van der Waals surface area contributed by atoms with E-state index >= 15 is 0 Å². The van der Waals surface area contributed by atoms with E-state index in [-0.39, 0.29) is 17.9 Å². The molecule has 1 fully saturated rings. The van der Waals surface area contributed by atoms with Crippen LogP contribution in [0.3, 0.4) is 0 Å². The zero-order chi connectivity index (χ0) is 24.4. The zero-order valence-electron chi connectivity index (χ0n) is 19.6. The average Bonchev–Trinajstić information content (AvgIpc) is 3.51. The maximum absolute atomic E-state index is 13.6. The van der Waals surface area contributed by atoms with Crippen molar-refractivity contribution >= 4 is 34.5 Å². The fourth-order valence-electron chi connectivity index (χ4n) is 4.40. The molecule has 0 aliphatic carbocycles. The minimum atomic E-state index is -0.232. The number of benzene rings is 3. The number of nitrogens with zero attached hydrogens (tertiary/aromatic N) is 3. The second-order valence-electron chi connectivity index (χ2n) is 8.40. The first-order chi connectivity index (χ1) is 17.1. The number of fused-ring (bicyclic) bond motifs is 1. The van der Waals surface area contributed by atoms with E-state index in [9.17, 15) is 9.59 Å². The minimum Gasteiger partial charge on any atom is -0.497 e. The summed E-state index contributed by atoms with van der Waals surface area (Å²) in [5, 5.41) is 8.22. The lowest BCUT2D eigenvalue weighted by Crippen LogP contribution is -2.44. The number of methoxy groups -OCH3 is 1. The molecule has 0 radical (unpaired) electrons. The minimum absolute atomic E-state index is 0.0380. The molecule has 1 aromatic heterocycles. The Morgan fingerprint density at radius 2 is 1.80 bits per heavy atom. The summed E-state index contributed by atoms with van der Waals surface area (Å²) >= 11 is 1.69. The Morgan fingerprint density at radius 1 is 1.06 bits per heavy atom. The predicted octanol–water partition coefficient (Wildman–Crippen LogP) is 4.19. The number of hydrogen-bond acceptors (Lipinski definition) is 5. The third-order valence-electron chi connectivity index (χ3n) is 6.27. The lowest BCUT2D eigenvalue weighted by atomic mass is 9.98. The Kier molecular flexibility index (Phi) is 6.46. The van der Waals surface area contributed by atoms with E-state index in [1.165, 1.54) is 0 Å². The summed E-state index contributed by atoms with van der Waals surface area (Å²) in [6.07, 6.45) is 0. The van der Waals surface area contributed by atoms with E-state index in [4.69, 9.17) is 4.74 Å². The maximum atomic E-state index is 13.6. The van der Waals surface area contributed by atoms with Gasteiger partial charge in [-0.15, -0.1) is 11.8 Å². The van der Waals surface area contributed by atoms with Gasteiger partial charge in [-0.25, -0.2) is 0 Å². The molecule has 8 heteroatoms. The monoisotopic (exact) mass is 486 g/mol. The molecule has 0 spiro atoms. The molecule has 35 heavy (non-hydrogen) atoms. The van der Waals surface area contributed by atoms with Gasteiger partial charge in [0.05, 0.1) is 24.5 Å². The van der Waals surface area contributed by atoms with Gasteiger partial charge in [-0.05, 0) is 35.4 Å². The van der Waals surface area contributed by atoms with E-state index < -0.39 is 0 Å². The molecule has 178 valence electrons. The lowest BCUT2D eigenvalue weighted by Gasteiger charge is -2.25. The van der Waals surface area contributed by atoms with Crippen LogP contribution in [0.5, 0.6) is 5.75 Å². The number of amides is 2. The van der Waals surface area contributed by atoms with Gasteiger partial charge in [0.1, 0.15) is 5.75 Å². The van der Waals surface area contributed by atoms with Crippen molar-refractivity contribution in [2.45, 2.75) is 6.04 Å². The van der Waals surface area contributed by atoms with Gasteiger partial charge in [0.2, 0.25) is 0 Å². The number of hydrogen-bond donors (Lipinski definition) is 1. The van der Waals surface area contributed by atoms with Gasteiger partial charge in [0.15, 0.2) is 5.69 Å². The van der Waals surface area contributed by atoms with Crippen LogP contribution in [0.1, 0.15) is 20.8 Å². The number of ether oxygens (including phenoxy) is 1. The highest BCUT2D eigenvalue weighted by Gasteiger charge is 2.31. The fourth-order valence-corrected chi connectivity index (χ4v) is 5.60. The number of carbonyl (C=O) groups is 2. The molecule has 1 atom stereocenters. The third kappa shape index (κ3) is 4.49. The van der Waals surface area contributed by atoms with Gasteiger partial charge in [-0.3, -0.25) is 14.3 Å². The number of thioether (sulfide) groups is 1. The lowest BCUT2D eigenvalue weighted by molar-refractivity contribution is 0.0736.